The van der Waals surface area contributed by atoms with Crippen LogP contribution >= 0.6 is 22.7 Å². The van der Waals surface area contributed by atoms with Crippen LogP contribution in [0.5, 0.6) is 0 Å². The van der Waals surface area contributed by atoms with E-state index in [1.807, 2.05) is 0 Å². The lowest BCUT2D eigenvalue weighted by Crippen LogP contribution is -2.31. The third-order valence-corrected chi connectivity index (χ3v) is 9.93. The van der Waals surface area contributed by atoms with Gasteiger partial charge in [-0.15, -0.1) is 0 Å². The van der Waals surface area contributed by atoms with Crippen LogP contribution < -0.4 is 16.0 Å². The van der Waals surface area contributed by atoms with Crippen molar-refractivity contribution in [1.29, 1.82) is 0 Å². The van der Waals surface area contributed by atoms with E-state index in [9.17, 15) is 26.7 Å². The fourth-order valence-corrected chi connectivity index (χ4v) is 7.37. The number of likely N-dealkylation sites (tertiary alicyclic amines) is 1. The Hall–Kier alpha value is -3.88. The van der Waals surface area contributed by atoms with Gasteiger partial charge in [-0.3, -0.25) is 4.79 Å². The number of hydrogen-bond acceptors (Lipinski definition) is 8. The van der Waals surface area contributed by atoms with Crippen molar-refractivity contribution in [2.24, 2.45) is 11.8 Å². The monoisotopic (exact) mass is 674 g/mol. The van der Waals surface area contributed by atoms with Crippen LogP contribution in [0.4, 0.5) is 32.2 Å². The molecule has 2 fully saturated rings. The molecule has 0 radical (unpaired) electrons. The molecule has 2 aromatic heterocycles. The Morgan fingerprint density at radius 1 is 0.870 bits per heavy atom. The van der Waals surface area contributed by atoms with Gasteiger partial charge in [-0.05, 0) is 86.3 Å². The third kappa shape index (κ3) is 7.73. The summed E-state index contributed by atoms with van der Waals surface area (Å²) in [5.41, 5.74) is 0.337. The summed E-state index contributed by atoms with van der Waals surface area (Å²) in [7, 11) is 0. The van der Waals surface area contributed by atoms with Crippen LogP contribution in [0.25, 0.3) is 20.4 Å². The molecule has 4 heterocycles. The number of alkyl halides is 3. The minimum Gasteiger partial charge on any atom is -0.361 e. The quantitative estimate of drug-likeness (QED) is 0.155. The number of amides is 1. The molecule has 0 spiro atoms. The van der Waals surface area contributed by atoms with Crippen LogP contribution in [0.15, 0.2) is 60.7 Å². The summed E-state index contributed by atoms with van der Waals surface area (Å²) < 4.78 is 67.5. The van der Waals surface area contributed by atoms with E-state index in [0.29, 0.717) is 42.6 Å². The molecule has 3 N–H and O–H groups in total. The number of nitrogens with one attached hydrogen (secondary N) is 3. The standard InChI is InChI=1S/C20H17F4N3OS.C12H14FN3S/c21-13-5-6-16-17(9-13)29-19(26-16)25-10-12-7-8-27(11-12)18(28)14-3-1-2-4-15(14)20(22,23)24;13-9-1-2-10-11(5-9)17-12(16-10)15-7-8-3-4-14-6-8/h1-6,9,12H,7-8,10-11H2,(H,25,26);1-2,5,8,14H,3-4,6-7H2,(H,15,16)/t12-;8-/m01/s1. The molecular formula is C32H31F5N6OS2. The van der Waals surface area contributed by atoms with Crippen LogP contribution in [-0.4, -0.2) is 60.0 Å². The van der Waals surface area contributed by atoms with Crippen molar-refractivity contribution in [1.82, 2.24) is 20.2 Å². The molecular weight excluding hydrogens is 644 g/mol. The van der Waals surface area contributed by atoms with Crippen LogP contribution in [0.1, 0.15) is 28.8 Å². The molecule has 7 nitrogen and oxygen atoms in total. The molecule has 46 heavy (non-hydrogen) atoms. The van der Waals surface area contributed by atoms with Gasteiger partial charge in [-0.2, -0.15) is 13.2 Å². The number of halogens is 5. The van der Waals surface area contributed by atoms with Crippen molar-refractivity contribution < 1.29 is 26.7 Å². The van der Waals surface area contributed by atoms with E-state index in [0.717, 1.165) is 45.7 Å². The third-order valence-electron chi connectivity index (χ3n) is 7.98. The number of aromatic nitrogens is 2. The van der Waals surface area contributed by atoms with Crippen molar-refractivity contribution in [2.45, 2.75) is 19.0 Å². The smallest absolute Gasteiger partial charge is 0.361 e. The normalized spacial score (nSPS) is 18.2. The topological polar surface area (TPSA) is 82.2 Å². The second kappa shape index (κ2) is 13.9. The fraction of sp³-hybridized carbons (Fsp3) is 0.344. The first-order chi connectivity index (χ1) is 22.1. The van der Waals surface area contributed by atoms with Gasteiger partial charge in [0.1, 0.15) is 11.6 Å². The van der Waals surface area contributed by atoms with Gasteiger partial charge in [0.15, 0.2) is 10.3 Å². The average molecular weight is 675 g/mol. The Morgan fingerprint density at radius 3 is 2.07 bits per heavy atom. The first kappa shape index (κ1) is 32.1. The zero-order valence-corrected chi connectivity index (χ0v) is 26.2. The van der Waals surface area contributed by atoms with Gasteiger partial charge in [0, 0.05) is 26.2 Å². The molecule has 3 aromatic carbocycles. The van der Waals surface area contributed by atoms with Gasteiger partial charge in [-0.1, -0.05) is 34.8 Å². The summed E-state index contributed by atoms with van der Waals surface area (Å²) in [5.74, 6) is -0.347. The zero-order chi connectivity index (χ0) is 32.3. The average Bonchev–Trinajstić information content (AvgIpc) is 3.85. The number of anilines is 2. The molecule has 2 aliphatic heterocycles. The van der Waals surface area contributed by atoms with Gasteiger partial charge < -0.3 is 20.9 Å². The molecule has 2 aliphatic rings. The van der Waals surface area contributed by atoms with Crippen molar-refractivity contribution in [2.75, 3.05) is 49.9 Å². The van der Waals surface area contributed by atoms with Crippen LogP contribution in [0.3, 0.4) is 0 Å². The molecule has 0 saturated carbocycles. The Bertz CT molecular complexity index is 1820. The first-order valence-electron chi connectivity index (χ1n) is 14.9. The predicted octanol–water partition coefficient (Wildman–Crippen LogP) is 7.49. The lowest BCUT2D eigenvalue weighted by Gasteiger charge is -2.19. The fourth-order valence-electron chi connectivity index (χ4n) is 5.57. The lowest BCUT2D eigenvalue weighted by molar-refractivity contribution is -0.138. The highest BCUT2D eigenvalue weighted by Crippen LogP contribution is 2.33. The summed E-state index contributed by atoms with van der Waals surface area (Å²) in [5, 5.41) is 11.4. The minimum absolute atomic E-state index is 0.0979. The molecule has 0 unspecified atom stereocenters. The summed E-state index contributed by atoms with van der Waals surface area (Å²) in [6.45, 7) is 4.44. The number of carbonyl (C=O) groups excluding carboxylic acids is 1. The maximum atomic E-state index is 13.3. The highest BCUT2D eigenvalue weighted by Gasteiger charge is 2.37. The summed E-state index contributed by atoms with van der Waals surface area (Å²) >= 11 is 2.85. The lowest BCUT2D eigenvalue weighted by atomic mass is 10.1. The highest BCUT2D eigenvalue weighted by atomic mass is 32.1. The Balaban J connectivity index is 0.000000185. The minimum atomic E-state index is -4.57. The van der Waals surface area contributed by atoms with E-state index < -0.39 is 17.6 Å². The van der Waals surface area contributed by atoms with E-state index in [2.05, 4.69) is 25.9 Å². The molecule has 7 rings (SSSR count). The van der Waals surface area contributed by atoms with Crippen LogP contribution in [0, 0.1) is 23.5 Å². The molecule has 1 amide bonds. The van der Waals surface area contributed by atoms with E-state index in [1.54, 1.807) is 12.1 Å². The van der Waals surface area contributed by atoms with Crippen molar-refractivity contribution in [3.63, 3.8) is 0 Å². The highest BCUT2D eigenvalue weighted by molar-refractivity contribution is 7.22. The van der Waals surface area contributed by atoms with Crippen molar-refractivity contribution in [3.05, 3.63) is 83.4 Å². The molecule has 14 heteroatoms. The molecule has 0 aliphatic carbocycles. The van der Waals surface area contributed by atoms with E-state index in [4.69, 9.17) is 0 Å². The number of benzene rings is 3. The summed E-state index contributed by atoms with van der Waals surface area (Å²) in [6.07, 6.45) is -2.67. The first-order valence-corrected chi connectivity index (χ1v) is 16.5. The second-order valence-corrected chi connectivity index (χ2v) is 13.4. The number of thiazole rings is 2. The maximum Gasteiger partial charge on any atom is 0.417 e. The summed E-state index contributed by atoms with van der Waals surface area (Å²) in [6, 6.07) is 14.0. The van der Waals surface area contributed by atoms with Gasteiger partial charge in [-0.25, -0.2) is 18.7 Å². The largest absolute Gasteiger partial charge is 0.417 e. The van der Waals surface area contributed by atoms with E-state index in [-0.39, 0.29) is 23.1 Å². The predicted molar refractivity (Wildman–Crippen MR) is 173 cm³/mol. The van der Waals surface area contributed by atoms with E-state index in [1.165, 1.54) is 76.5 Å². The number of hydrogen-bond donors (Lipinski definition) is 3. The number of rotatable bonds is 7. The molecule has 242 valence electrons. The number of fused-ring (bicyclic) bond motifs is 2. The van der Waals surface area contributed by atoms with Crippen LogP contribution in [0.2, 0.25) is 0 Å². The molecule has 2 atom stereocenters. The molecule has 0 bridgehead atoms. The molecule has 5 aromatic rings. The zero-order valence-electron chi connectivity index (χ0n) is 24.5. The van der Waals surface area contributed by atoms with Crippen LogP contribution in [-0.2, 0) is 6.18 Å². The van der Waals surface area contributed by atoms with Gasteiger partial charge in [0.05, 0.1) is 31.6 Å². The SMILES string of the molecule is Fc1ccc2nc(NC[C@@H]3CCNC3)sc2c1.O=C(c1ccccc1C(F)(F)F)N1CC[C@@H](CNc2nc3ccc(F)cc3s2)C1. The van der Waals surface area contributed by atoms with Gasteiger partial charge in [0.25, 0.3) is 5.91 Å². The van der Waals surface area contributed by atoms with Gasteiger partial charge >= 0.3 is 6.18 Å². The Labute approximate surface area is 269 Å². The van der Waals surface area contributed by atoms with Crippen molar-refractivity contribution in [3.8, 4) is 0 Å². The Morgan fingerprint density at radius 2 is 1.48 bits per heavy atom. The Kier molecular flexibility index (Phi) is 9.66. The van der Waals surface area contributed by atoms with Crippen molar-refractivity contribution >= 4 is 59.3 Å². The van der Waals surface area contributed by atoms with E-state index >= 15 is 0 Å². The number of nitrogens with zero attached hydrogens (tertiary/aromatic N) is 3. The summed E-state index contributed by atoms with van der Waals surface area (Å²) in [4.78, 5) is 22.9. The molecule has 2 saturated heterocycles. The number of carbonyl (C=O) groups is 1. The van der Waals surface area contributed by atoms with Gasteiger partial charge in [0.2, 0.25) is 0 Å². The maximum absolute atomic E-state index is 13.3. The second-order valence-electron chi connectivity index (χ2n) is 11.3.